The van der Waals surface area contributed by atoms with Gasteiger partial charge in [-0.15, -0.1) is 24.0 Å². The highest BCUT2D eigenvalue weighted by molar-refractivity contribution is 14.0. The molecule has 0 radical (unpaired) electrons. The van der Waals surface area contributed by atoms with E-state index < -0.39 is 10.0 Å². The monoisotopic (exact) mass is 523 g/mol. The molecule has 3 N–H and O–H groups in total. The number of rotatable bonds is 8. The van der Waals surface area contributed by atoms with E-state index in [1.54, 1.807) is 24.3 Å². The lowest BCUT2D eigenvalue weighted by Crippen LogP contribution is -2.48. The quantitative estimate of drug-likeness (QED) is 0.276. The van der Waals surface area contributed by atoms with Gasteiger partial charge in [-0.25, -0.2) is 18.1 Å². The topological polar surface area (TPSA) is 85.8 Å². The van der Waals surface area contributed by atoms with Crippen molar-refractivity contribution in [3.63, 3.8) is 0 Å². The minimum absolute atomic E-state index is 0. The van der Waals surface area contributed by atoms with Gasteiger partial charge in [0.1, 0.15) is 0 Å². The van der Waals surface area contributed by atoms with E-state index in [2.05, 4.69) is 39.1 Å². The first kappa shape index (κ1) is 25.1. The Hall–Kier alpha value is -0.910. The summed E-state index contributed by atoms with van der Waals surface area (Å²) in [6, 6.07) is 7.28. The Morgan fingerprint density at radius 3 is 2.36 bits per heavy atom. The van der Waals surface area contributed by atoms with Gasteiger partial charge in [0.15, 0.2) is 5.96 Å². The maximum absolute atomic E-state index is 11.8. The fourth-order valence-corrected chi connectivity index (χ4v) is 3.92. The van der Waals surface area contributed by atoms with Crippen LogP contribution in [-0.4, -0.2) is 58.5 Å². The van der Waals surface area contributed by atoms with E-state index in [1.165, 1.54) is 20.0 Å². The third-order valence-electron chi connectivity index (χ3n) is 4.73. The van der Waals surface area contributed by atoms with Crippen molar-refractivity contribution < 1.29 is 8.42 Å². The van der Waals surface area contributed by atoms with Gasteiger partial charge < -0.3 is 15.5 Å². The minimum atomic E-state index is -3.40. The summed E-state index contributed by atoms with van der Waals surface area (Å²) in [4.78, 5) is 7.44. The van der Waals surface area contributed by atoms with Crippen LogP contribution in [0.4, 0.5) is 0 Å². The molecule has 1 fully saturated rings. The Labute approximate surface area is 186 Å². The molecule has 0 saturated carbocycles. The minimum Gasteiger partial charge on any atom is -0.357 e. The first-order chi connectivity index (χ1) is 13.0. The zero-order valence-electron chi connectivity index (χ0n) is 17.1. The normalized spacial score (nSPS) is 16.5. The van der Waals surface area contributed by atoms with Crippen LogP contribution in [0.2, 0.25) is 0 Å². The van der Waals surface area contributed by atoms with Crippen LogP contribution in [0.1, 0.15) is 38.7 Å². The van der Waals surface area contributed by atoms with Crippen molar-refractivity contribution in [3.05, 3.63) is 29.8 Å². The van der Waals surface area contributed by atoms with E-state index in [0.717, 1.165) is 44.0 Å². The maximum Gasteiger partial charge on any atom is 0.240 e. The van der Waals surface area contributed by atoms with Gasteiger partial charge in [-0.2, -0.15) is 0 Å². The summed E-state index contributed by atoms with van der Waals surface area (Å²) in [5.74, 6) is 0.818. The maximum atomic E-state index is 11.8. The third kappa shape index (κ3) is 7.84. The molecule has 0 amide bonds. The van der Waals surface area contributed by atoms with Gasteiger partial charge in [0, 0.05) is 25.7 Å². The molecule has 7 nitrogen and oxygen atoms in total. The van der Waals surface area contributed by atoms with Gasteiger partial charge in [-0.3, -0.25) is 0 Å². The second kappa shape index (κ2) is 12.6. The van der Waals surface area contributed by atoms with Crippen molar-refractivity contribution in [2.45, 2.75) is 50.6 Å². The van der Waals surface area contributed by atoms with Gasteiger partial charge in [0.2, 0.25) is 10.0 Å². The van der Waals surface area contributed by atoms with Crippen molar-refractivity contribution >= 4 is 40.0 Å². The largest absolute Gasteiger partial charge is 0.357 e. The Balaban J connectivity index is 0.00000392. The second-order valence-electron chi connectivity index (χ2n) is 6.81. The highest BCUT2D eigenvalue weighted by Gasteiger charge is 2.19. The molecular formula is C19H34IN5O2S. The van der Waals surface area contributed by atoms with Gasteiger partial charge in [0.05, 0.1) is 11.4 Å². The Kier molecular flexibility index (Phi) is 11.3. The van der Waals surface area contributed by atoms with Crippen molar-refractivity contribution in [3.8, 4) is 0 Å². The third-order valence-corrected chi connectivity index (χ3v) is 6.16. The zero-order chi connectivity index (χ0) is 19.7. The molecule has 0 unspecified atom stereocenters. The summed E-state index contributed by atoms with van der Waals surface area (Å²) >= 11 is 0. The van der Waals surface area contributed by atoms with Crippen molar-refractivity contribution in [2.24, 2.45) is 4.99 Å². The molecule has 9 heteroatoms. The van der Waals surface area contributed by atoms with E-state index in [4.69, 9.17) is 0 Å². The fourth-order valence-electron chi connectivity index (χ4n) is 3.19. The molecule has 2 rings (SSSR count). The molecule has 0 aliphatic carbocycles. The van der Waals surface area contributed by atoms with Crippen molar-refractivity contribution in [2.75, 3.05) is 33.2 Å². The number of hydrogen-bond donors (Lipinski definition) is 3. The first-order valence-electron chi connectivity index (χ1n) is 9.78. The number of guanidine groups is 1. The Morgan fingerprint density at radius 2 is 1.82 bits per heavy atom. The molecule has 1 aromatic rings. The predicted molar refractivity (Wildman–Crippen MR) is 126 cm³/mol. The number of nitrogens with zero attached hydrogens (tertiary/aromatic N) is 2. The van der Waals surface area contributed by atoms with E-state index >= 15 is 0 Å². The molecule has 160 valence electrons. The molecule has 1 saturated heterocycles. The summed E-state index contributed by atoms with van der Waals surface area (Å²) in [6.07, 6.45) is 3.46. The van der Waals surface area contributed by atoms with Crippen LogP contribution in [-0.2, 0) is 16.6 Å². The molecule has 28 heavy (non-hydrogen) atoms. The van der Waals surface area contributed by atoms with Crippen LogP contribution < -0.4 is 15.4 Å². The predicted octanol–water partition coefficient (Wildman–Crippen LogP) is 2.14. The number of sulfonamides is 1. The van der Waals surface area contributed by atoms with Gasteiger partial charge in [0.25, 0.3) is 0 Å². The number of piperidine rings is 1. The molecule has 0 bridgehead atoms. The van der Waals surface area contributed by atoms with E-state index in [0.29, 0.717) is 12.6 Å². The number of aliphatic imine (C=N–C) groups is 1. The summed E-state index contributed by atoms with van der Waals surface area (Å²) < 4.78 is 25.9. The van der Waals surface area contributed by atoms with Crippen LogP contribution in [0.3, 0.4) is 0 Å². The lowest BCUT2D eigenvalue weighted by molar-refractivity contribution is 0.206. The molecule has 1 aromatic carbocycles. The molecule has 1 aliphatic heterocycles. The SMILES string of the molecule is CCCN1CCC(NC(=NCc2ccc(S(=O)(=O)NC)cc2)NCC)CC1.I. The number of hydrogen-bond acceptors (Lipinski definition) is 4. The van der Waals surface area contributed by atoms with Crippen LogP contribution in [0.5, 0.6) is 0 Å². The van der Waals surface area contributed by atoms with Crippen LogP contribution in [0.15, 0.2) is 34.2 Å². The molecule has 1 heterocycles. The Bertz CT molecular complexity index is 702. The second-order valence-corrected chi connectivity index (χ2v) is 8.69. The molecule has 0 spiro atoms. The fraction of sp³-hybridized carbons (Fsp3) is 0.632. The van der Waals surface area contributed by atoms with Gasteiger partial charge in [-0.05, 0) is 57.5 Å². The number of halogens is 1. The average Bonchev–Trinajstić information content (AvgIpc) is 2.68. The van der Waals surface area contributed by atoms with Gasteiger partial charge in [-0.1, -0.05) is 19.1 Å². The first-order valence-corrected chi connectivity index (χ1v) is 11.3. The number of nitrogens with one attached hydrogen (secondary N) is 3. The molecule has 0 atom stereocenters. The van der Waals surface area contributed by atoms with E-state index in [1.807, 2.05) is 0 Å². The van der Waals surface area contributed by atoms with Crippen molar-refractivity contribution in [1.29, 1.82) is 0 Å². The highest BCUT2D eigenvalue weighted by atomic mass is 127. The van der Waals surface area contributed by atoms with Crippen molar-refractivity contribution in [1.82, 2.24) is 20.3 Å². The van der Waals surface area contributed by atoms with E-state index in [9.17, 15) is 8.42 Å². The summed E-state index contributed by atoms with van der Waals surface area (Å²) in [5, 5.41) is 6.84. The summed E-state index contributed by atoms with van der Waals surface area (Å²) in [6.45, 7) is 9.03. The standard InChI is InChI=1S/C19H33N5O2S.HI/c1-4-12-24-13-10-17(11-14-24)23-19(21-5-2)22-15-16-6-8-18(9-7-16)27(25,26)20-3;/h6-9,17,20H,4-5,10-15H2,1-3H3,(H2,21,22,23);1H. The number of benzene rings is 1. The number of likely N-dealkylation sites (tertiary alicyclic amines) is 1. The van der Waals surface area contributed by atoms with Crippen LogP contribution >= 0.6 is 24.0 Å². The van der Waals surface area contributed by atoms with E-state index in [-0.39, 0.29) is 28.9 Å². The molecule has 0 aromatic heterocycles. The van der Waals surface area contributed by atoms with Crippen LogP contribution in [0.25, 0.3) is 0 Å². The van der Waals surface area contributed by atoms with Crippen LogP contribution in [0, 0.1) is 0 Å². The smallest absolute Gasteiger partial charge is 0.240 e. The lowest BCUT2D eigenvalue weighted by atomic mass is 10.1. The lowest BCUT2D eigenvalue weighted by Gasteiger charge is -2.32. The molecule has 1 aliphatic rings. The highest BCUT2D eigenvalue weighted by Crippen LogP contribution is 2.12. The molecular weight excluding hydrogens is 489 g/mol. The Morgan fingerprint density at radius 1 is 1.18 bits per heavy atom. The zero-order valence-corrected chi connectivity index (χ0v) is 20.2. The summed E-state index contributed by atoms with van der Waals surface area (Å²) in [5.41, 5.74) is 0.972. The van der Waals surface area contributed by atoms with Gasteiger partial charge >= 0.3 is 0 Å². The summed E-state index contributed by atoms with van der Waals surface area (Å²) in [7, 11) is -1.99. The average molecular weight is 523 g/mol.